The maximum atomic E-state index is 11.9. The molecule has 1 fully saturated rings. The van der Waals surface area contributed by atoms with E-state index in [0.717, 1.165) is 12.8 Å². The number of carbonyl (C=O) groups excluding carboxylic acids is 1. The second kappa shape index (κ2) is 5.56. The van der Waals surface area contributed by atoms with E-state index in [2.05, 4.69) is 19.2 Å². The minimum Gasteiger partial charge on any atom is -0.480 e. The Morgan fingerprint density at radius 1 is 1.39 bits per heavy atom. The van der Waals surface area contributed by atoms with Gasteiger partial charge >= 0.3 is 12.0 Å². The minimum absolute atomic E-state index is 0.0547. The van der Waals surface area contributed by atoms with Crippen LogP contribution in [0.15, 0.2) is 0 Å². The SMILES string of the molecule is C[C@@H](O)[C@H](NC(=O)N1CCCC(C)(C)C1)C(=O)O. The molecule has 1 rings (SSSR count). The van der Waals surface area contributed by atoms with Crippen molar-refractivity contribution in [2.45, 2.75) is 45.8 Å². The smallest absolute Gasteiger partial charge is 0.328 e. The number of rotatable bonds is 3. The first kappa shape index (κ1) is 14.8. The summed E-state index contributed by atoms with van der Waals surface area (Å²) in [6, 6.07) is -1.68. The largest absolute Gasteiger partial charge is 0.480 e. The van der Waals surface area contributed by atoms with E-state index in [4.69, 9.17) is 5.11 Å². The standard InChI is InChI=1S/C12H22N2O4/c1-8(15)9(10(16)17)13-11(18)14-6-4-5-12(2,3)7-14/h8-9,15H,4-7H2,1-3H3,(H,13,18)(H,16,17)/t8-,9+/m1/s1. The lowest BCUT2D eigenvalue weighted by Crippen LogP contribution is -2.55. The molecule has 104 valence electrons. The summed E-state index contributed by atoms with van der Waals surface area (Å²) in [4.78, 5) is 24.5. The molecule has 2 atom stereocenters. The lowest BCUT2D eigenvalue weighted by molar-refractivity contribution is -0.141. The Morgan fingerprint density at radius 3 is 2.44 bits per heavy atom. The van der Waals surface area contributed by atoms with Gasteiger partial charge in [0.2, 0.25) is 0 Å². The van der Waals surface area contributed by atoms with Gasteiger partial charge < -0.3 is 20.4 Å². The number of aliphatic hydroxyl groups is 1. The third-order valence-corrected chi connectivity index (χ3v) is 3.22. The minimum atomic E-state index is -1.26. The third-order valence-electron chi connectivity index (χ3n) is 3.22. The van der Waals surface area contributed by atoms with Gasteiger partial charge in [-0.05, 0) is 25.2 Å². The number of urea groups is 1. The van der Waals surface area contributed by atoms with Crippen molar-refractivity contribution in [1.82, 2.24) is 10.2 Å². The van der Waals surface area contributed by atoms with Gasteiger partial charge in [0.15, 0.2) is 6.04 Å². The van der Waals surface area contributed by atoms with E-state index >= 15 is 0 Å². The van der Waals surface area contributed by atoms with Crippen LogP contribution in [0, 0.1) is 5.41 Å². The van der Waals surface area contributed by atoms with Gasteiger partial charge in [0.05, 0.1) is 6.10 Å². The number of hydrogen-bond donors (Lipinski definition) is 3. The topological polar surface area (TPSA) is 89.9 Å². The maximum Gasteiger partial charge on any atom is 0.328 e. The second-order valence-corrected chi connectivity index (χ2v) is 5.70. The Labute approximate surface area is 107 Å². The highest BCUT2D eigenvalue weighted by Crippen LogP contribution is 2.28. The number of aliphatic hydroxyl groups excluding tert-OH is 1. The molecule has 0 aromatic rings. The highest BCUT2D eigenvalue weighted by Gasteiger charge is 2.32. The fourth-order valence-electron chi connectivity index (χ4n) is 2.21. The molecular formula is C12H22N2O4. The van der Waals surface area contributed by atoms with Crippen LogP contribution in [0.1, 0.15) is 33.6 Å². The maximum absolute atomic E-state index is 11.9. The molecule has 0 radical (unpaired) electrons. The van der Waals surface area contributed by atoms with Gasteiger partial charge in [0.25, 0.3) is 0 Å². The Morgan fingerprint density at radius 2 is 2.00 bits per heavy atom. The summed E-state index contributed by atoms with van der Waals surface area (Å²) < 4.78 is 0. The van der Waals surface area contributed by atoms with Crippen LogP contribution in [0.5, 0.6) is 0 Å². The number of carboxylic acids is 1. The molecule has 0 bridgehead atoms. The van der Waals surface area contributed by atoms with Crippen molar-refractivity contribution >= 4 is 12.0 Å². The first-order valence-electron chi connectivity index (χ1n) is 6.19. The van der Waals surface area contributed by atoms with E-state index in [1.165, 1.54) is 6.92 Å². The molecule has 0 aliphatic carbocycles. The molecular weight excluding hydrogens is 236 g/mol. The van der Waals surface area contributed by atoms with Crippen molar-refractivity contribution < 1.29 is 19.8 Å². The van der Waals surface area contributed by atoms with Crippen LogP contribution in [0.3, 0.4) is 0 Å². The molecule has 0 unspecified atom stereocenters. The van der Waals surface area contributed by atoms with E-state index in [-0.39, 0.29) is 5.41 Å². The fourth-order valence-corrected chi connectivity index (χ4v) is 2.21. The van der Waals surface area contributed by atoms with Gasteiger partial charge in [-0.25, -0.2) is 9.59 Å². The summed E-state index contributed by atoms with van der Waals surface area (Å²) in [5.74, 6) is -1.23. The molecule has 3 N–H and O–H groups in total. The summed E-state index contributed by atoms with van der Waals surface area (Å²) in [6.45, 7) is 6.73. The van der Waals surface area contributed by atoms with Gasteiger partial charge in [0.1, 0.15) is 0 Å². The first-order chi connectivity index (χ1) is 8.23. The Bertz CT molecular complexity index is 328. The van der Waals surface area contributed by atoms with Crippen LogP contribution in [0.25, 0.3) is 0 Å². The predicted molar refractivity (Wildman–Crippen MR) is 66.2 cm³/mol. The van der Waals surface area contributed by atoms with Crippen LogP contribution in [-0.4, -0.2) is 52.3 Å². The van der Waals surface area contributed by atoms with E-state index in [9.17, 15) is 14.7 Å². The Balaban J connectivity index is 2.61. The number of carboxylic acid groups (broad SMARTS) is 1. The quantitative estimate of drug-likeness (QED) is 0.693. The van der Waals surface area contributed by atoms with Crippen LogP contribution < -0.4 is 5.32 Å². The molecule has 0 aromatic heterocycles. The van der Waals surface area contributed by atoms with E-state index in [1.54, 1.807) is 4.90 Å². The summed E-state index contributed by atoms with van der Waals surface area (Å²) >= 11 is 0. The molecule has 0 aromatic carbocycles. The Kier molecular flexibility index (Phi) is 4.56. The van der Waals surface area contributed by atoms with E-state index in [0.29, 0.717) is 13.1 Å². The molecule has 1 heterocycles. The van der Waals surface area contributed by atoms with Crippen molar-refractivity contribution in [3.05, 3.63) is 0 Å². The van der Waals surface area contributed by atoms with Crippen molar-refractivity contribution in [3.63, 3.8) is 0 Å². The van der Waals surface area contributed by atoms with Gasteiger partial charge in [-0.1, -0.05) is 13.8 Å². The van der Waals surface area contributed by atoms with Gasteiger partial charge in [0, 0.05) is 13.1 Å². The number of aliphatic carboxylic acids is 1. The fraction of sp³-hybridized carbons (Fsp3) is 0.833. The summed E-state index contributed by atoms with van der Waals surface area (Å²) in [5, 5.41) is 20.6. The van der Waals surface area contributed by atoms with Crippen LogP contribution in [0.2, 0.25) is 0 Å². The number of hydrogen-bond acceptors (Lipinski definition) is 3. The molecule has 1 aliphatic rings. The van der Waals surface area contributed by atoms with Gasteiger partial charge in [-0.15, -0.1) is 0 Å². The number of nitrogens with zero attached hydrogens (tertiary/aromatic N) is 1. The van der Waals surface area contributed by atoms with Crippen molar-refractivity contribution in [3.8, 4) is 0 Å². The summed E-state index contributed by atoms with van der Waals surface area (Å²) in [5.41, 5.74) is 0.0547. The van der Waals surface area contributed by atoms with E-state index < -0.39 is 24.1 Å². The zero-order chi connectivity index (χ0) is 13.9. The number of likely N-dealkylation sites (tertiary alicyclic amines) is 1. The van der Waals surface area contributed by atoms with Gasteiger partial charge in [-0.3, -0.25) is 0 Å². The second-order valence-electron chi connectivity index (χ2n) is 5.70. The average molecular weight is 258 g/mol. The molecule has 6 heteroatoms. The van der Waals surface area contributed by atoms with Crippen molar-refractivity contribution in [2.75, 3.05) is 13.1 Å². The Hall–Kier alpha value is -1.30. The zero-order valence-corrected chi connectivity index (χ0v) is 11.1. The highest BCUT2D eigenvalue weighted by molar-refractivity contribution is 5.83. The molecule has 18 heavy (non-hydrogen) atoms. The molecule has 0 spiro atoms. The molecule has 1 aliphatic heterocycles. The monoisotopic (exact) mass is 258 g/mol. The highest BCUT2D eigenvalue weighted by atomic mass is 16.4. The van der Waals surface area contributed by atoms with Crippen LogP contribution in [-0.2, 0) is 4.79 Å². The van der Waals surface area contributed by atoms with Crippen molar-refractivity contribution in [1.29, 1.82) is 0 Å². The first-order valence-corrected chi connectivity index (χ1v) is 6.19. The third kappa shape index (κ3) is 3.87. The lowest BCUT2D eigenvalue weighted by atomic mass is 9.84. The average Bonchev–Trinajstić information content (AvgIpc) is 2.23. The van der Waals surface area contributed by atoms with E-state index in [1.807, 2.05) is 0 Å². The summed E-state index contributed by atoms with van der Waals surface area (Å²) in [7, 11) is 0. The van der Waals surface area contributed by atoms with Gasteiger partial charge in [-0.2, -0.15) is 0 Å². The number of carbonyl (C=O) groups is 2. The number of piperidine rings is 1. The lowest BCUT2D eigenvalue weighted by Gasteiger charge is -2.38. The zero-order valence-electron chi connectivity index (χ0n) is 11.1. The van der Waals surface area contributed by atoms with Crippen LogP contribution in [0.4, 0.5) is 4.79 Å². The number of nitrogens with one attached hydrogen (secondary N) is 1. The van der Waals surface area contributed by atoms with Crippen LogP contribution >= 0.6 is 0 Å². The number of amides is 2. The predicted octanol–water partition coefficient (Wildman–Crippen LogP) is 0.652. The normalized spacial score (nSPS) is 22.1. The molecule has 6 nitrogen and oxygen atoms in total. The summed E-state index contributed by atoms with van der Waals surface area (Å²) in [6.07, 6.45) is 0.840. The molecule has 0 saturated carbocycles. The molecule has 2 amide bonds. The van der Waals surface area contributed by atoms with Crippen molar-refractivity contribution in [2.24, 2.45) is 5.41 Å². The molecule has 1 saturated heterocycles.